The third-order valence-corrected chi connectivity index (χ3v) is 3.24. The van der Waals surface area contributed by atoms with E-state index in [1.54, 1.807) is 24.3 Å². The van der Waals surface area contributed by atoms with Crippen molar-refractivity contribution < 1.29 is 5.11 Å². The van der Waals surface area contributed by atoms with Crippen LogP contribution in [0.1, 0.15) is 5.56 Å². The number of nitrogens with zero attached hydrogens (tertiary/aromatic N) is 1. The van der Waals surface area contributed by atoms with Gasteiger partial charge in [-0.05, 0) is 23.8 Å². The number of aromatic hydroxyl groups is 1. The first-order valence-corrected chi connectivity index (χ1v) is 6.23. The summed E-state index contributed by atoms with van der Waals surface area (Å²) in [5.41, 5.74) is 0.983. The predicted molar refractivity (Wildman–Crippen MR) is 74.7 cm³/mol. The third kappa shape index (κ3) is 3.19. The van der Waals surface area contributed by atoms with Crippen molar-refractivity contribution in [2.45, 2.75) is 6.54 Å². The zero-order valence-electron chi connectivity index (χ0n) is 9.12. The van der Waals surface area contributed by atoms with Gasteiger partial charge in [0.15, 0.2) is 0 Å². The van der Waals surface area contributed by atoms with Crippen LogP contribution in [0.3, 0.4) is 0 Å². The second-order valence-electron chi connectivity index (χ2n) is 3.61. The maximum Gasteiger partial charge on any atom is 0.150 e. The molecule has 0 saturated carbocycles. The van der Waals surface area contributed by atoms with Crippen LogP contribution in [0, 0.1) is 0 Å². The summed E-state index contributed by atoms with van der Waals surface area (Å²) in [7, 11) is 0. The number of hydrogen-bond donors (Lipinski definition) is 2. The molecule has 0 unspecified atom stereocenters. The molecule has 0 atom stereocenters. The molecule has 2 rings (SSSR count). The molecule has 0 saturated heterocycles. The van der Waals surface area contributed by atoms with Gasteiger partial charge in [-0.3, -0.25) is 0 Å². The van der Waals surface area contributed by atoms with Crippen molar-refractivity contribution in [3.63, 3.8) is 0 Å². The lowest BCUT2D eigenvalue weighted by Gasteiger charge is -2.08. The van der Waals surface area contributed by atoms with E-state index >= 15 is 0 Å². The van der Waals surface area contributed by atoms with E-state index in [0.29, 0.717) is 22.4 Å². The molecule has 1 aromatic heterocycles. The Labute approximate surface area is 119 Å². The summed E-state index contributed by atoms with van der Waals surface area (Å²) in [6.45, 7) is 0.519. The number of nitrogens with one attached hydrogen (secondary N) is 1. The summed E-state index contributed by atoms with van der Waals surface area (Å²) in [4.78, 5) is 4.05. The quantitative estimate of drug-likeness (QED) is 0.828. The van der Waals surface area contributed by atoms with E-state index in [1.165, 1.54) is 6.07 Å². The molecule has 0 spiro atoms. The highest BCUT2D eigenvalue weighted by Crippen LogP contribution is 2.29. The Hall–Kier alpha value is -1.16. The van der Waals surface area contributed by atoms with Gasteiger partial charge in [-0.1, -0.05) is 46.9 Å². The van der Waals surface area contributed by atoms with Crippen molar-refractivity contribution >= 4 is 40.6 Å². The smallest absolute Gasteiger partial charge is 0.150 e. The first-order chi connectivity index (χ1) is 8.56. The van der Waals surface area contributed by atoms with Gasteiger partial charge in [0.1, 0.15) is 16.7 Å². The molecular formula is C12H9Cl3N2O. The van der Waals surface area contributed by atoms with E-state index in [4.69, 9.17) is 39.9 Å². The van der Waals surface area contributed by atoms with Crippen molar-refractivity contribution in [3.8, 4) is 5.75 Å². The number of phenols is 1. The molecule has 0 aliphatic heterocycles. The Morgan fingerprint density at radius 3 is 2.39 bits per heavy atom. The molecule has 1 heterocycles. The Morgan fingerprint density at radius 2 is 1.72 bits per heavy atom. The van der Waals surface area contributed by atoms with Crippen LogP contribution in [0.2, 0.25) is 15.2 Å². The third-order valence-electron chi connectivity index (χ3n) is 2.28. The van der Waals surface area contributed by atoms with Crippen LogP contribution in [-0.4, -0.2) is 10.1 Å². The number of hydrogen-bond acceptors (Lipinski definition) is 3. The largest absolute Gasteiger partial charge is 0.508 e. The molecule has 0 amide bonds. The highest BCUT2D eigenvalue weighted by molar-refractivity contribution is 6.42. The van der Waals surface area contributed by atoms with Crippen molar-refractivity contribution in [2.24, 2.45) is 0 Å². The van der Waals surface area contributed by atoms with E-state index in [2.05, 4.69) is 10.3 Å². The van der Waals surface area contributed by atoms with Gasteiger partial charge >= 0.3 is 0 Å². The van der Waals surface area contributed by atoms with Gasteiger partial charge in [-0.2, -0.15) is 0 Å². The second-order valence-corrected chi connectivity index (χ2v) is 4.78. The zero-order chi connectivity index (χ0) is 13.1. The molecule has 0 fully saturated rings. The number of halogens is 3. The van der Waals surface area contributed by atoms with Gasteiger partial charge in [0.05, 0.1) is 10.0 Å². The molecule has 0 aliphatic rings. The molecule has 0 bridgehead atoms. The molecular weight excluding hydrogens is 295 g/mol. The Balaban J connectivity index is 2.10. The van der Waals surface area contributed by atoms with E-state index in [9.17, 15) is 0 Å². The van der Waals surface area contributed by atoms with Crippen LogP contribution in [-0.2, 0) is 6.54 Å². The SMILES string of the molecule is Oc1ccc(CNc2nc(Cl)c(Cl)cc2Cl)cc1. The molecule has 18 heavy (non-hydrogen) atoms. The molecule has 94 valence electrons. The van der Waals surface area contributed by atoms with Crippen LogP contribution < -0.4 is 5.32 Å². The minimum Gasteiger partial charge on any atom is -0.508 e. The minimum atomic E-state index is 0.203. The lowest BCUT2D eigenvalue weighted by molar-refractivity contribution is 0.475. The van der Waals surface area contributed by atoms with Crippen molar-refractivity contribution in [3.05, 3.63) is 51.1 Å². The van der Waals surface area contributed by atoms with Crippen LogP contribution in [0.4, 0.5) is 5.82 Å². The van der Waals surface area contributed by atoms with Gasteiger partial charge in [0.2, 0.25) is 0 Å². The van der Waals surface area contributed by atoms with Gasteiger partial charge in [0.25, 0.3) is 0 Å². The fourth-order valence-electron chi connectivity index (χ4n) is 1.37. The first kappa shape index (κ1) is 13.3. The van der Waals surface area contributed by atoms with Crippen LogP contribution in [0.15, 0.2) is 30.3 Å². The van der Waals surface area contributed by atoms with E-state index < -0.39 is 0 Å². The standard InChI is InChI=1S/C12H9Cl3N2O/c13-9-5-10(14)12(17-11(9)15)16-6-7-1-3-8(18)4-2-7/h1-5,18H,6H2,(H,16,17). The maximum absolute atomic E-state index is 9.17. The molecule has 2 aromatic rings. The summed E-state index contributed by atoms with van der Waals surface area (Å²) in [6.07, 6.45) is 0. The van der Waals surface area contributed by atoms with E-state index in [1.807, 2.05) is 0 Å². The lowest BCUT2D eigenvalue weighted by Crippen LogP contribution is -2.02. The number of phenolic OH excluding ortho intramolecular Hbond substituents is 1. The second kappa shape index (κ2) is 5.65. The van der Waals surface area contributed by atoms with Gasteiger partial charge in [0, 0.05) is 6.54 Å². The Kier molecular flexibility index (Phi) is 4.17. The average Bonchev–Trinajstić information content (AvgIpc) is 2.34. The van der Waals surface area contributed by atoms with E-state index in [0.717, 1.165) is 5.56 Å². The molecule has 0 aliphatic carbocycles. The van der Waals surface area contributed by atoms with Gasteiger partial charge < -0.3 is 10.4 Å². The van der Waals surface area contributed by atoms with Gasteiger partial charge in [-0.15, -0.1) is 0 Å². The number of pyridine rings is 1. The number of benzene rings is 1. The minimum absolute atomic E-state index is 0.203. The fourth-order valence-corrected chi connectivity index (χ4v) is 1.93. The maximum atomic E-state index is 9.17. The predicted octanol–water partition coefficient (Wildman–Crippen LogP) is 4.36. The van der Waals surface area contributed by atoms with Gasteiger partial charge in [-0.25, -0.2) is 4.98 Å². The lowest BCUT2D eigenvalue weighted by atomic mass is 10.2. The molecule has 6 heteroatoms. The van der Waals surface area contributed by atoms with Crippen molar-refractivity contribution in [1.29, 1.82) is 0 Å². The normalized spacial score (nSPS) is 10.4. The van der Waals surface area contributed by atoms with E-state index in [-0.39, 0.29) is 10.9 Å². The summed E-state index contributed by atoms with van der Waals surface area (Å²) >= 11 is 17.6. The van der Waals surface area contributed by atoms with Crippen LogP contribution in [0.5, 0.6) is 5.75 Å². The summed E-state index contributed by atoms with van der Waals surface area (Å²) in [5.74, 6) is 0.698. The molecule has 0 radical (unpaired) electrons. The summed E-state index contributed by atoms with van der Waals surface area (Å²) in [5, 5.41) is 13.1. The average molecular weight is 304 g/mol. The number of aromatic nitrogens is 1. The van der Waals surface area contributed by atoms with Crippen molar-refractivity contribution in [1.82, 2.24) is 4.98 Å². The molecule has 3 nitrogen and oxygen atoms in total. The summed E-state index contributed by atoms with van der Waals surface area (Å²) in [6, 6.07) is 8.36. The first-order valence-electron chi connectivity index (χ1n) is 5.09. The monoisotopic (exact) mass is 302 g/mol. The zero-order valence-corrected chi connectivity index (χ0v) is 11.4. The molecule has 2 N–H and O–H groups in total. The number of anilines is 1. The highest BCUT2D eigenvalue weighted by Gasteiger charge is 2.07. The van der Waals surface area contributed by atoms with Crippen molar-refractivity contribution in [2.75, 3.05) is 5.32 Å². The Morgan fingerprint density at radius 1 is 1.06 bits per heavy atom. The van der Waals surface area contributed by atoms with Crippen LogP contribution in [0.25, 0.3) is 0 Å². The summed E-state index contributed by atoms with van der Waals surface area (Å²) < 4.78 is 0. The van der Waals surface area contributed by atoms with Crippen LogP contribution >= 0.6 is 34.8 Å². The fraction of sp³-hybridized carbons (Fsp3) is 0.0833. The highest BCUT2D eigenvalue weighted by atomic mass is 35.5. The topological polar surface area (TPSA) is 45.1 Å². The Bertz CT molecular complexity index is 558. The molecule has 1 aromatic carbocycles. The number of rotatable bonds is 3.